The quantitative estimate of drug-likeness (QED) is 0.715. The topological polar surface area (TPSA) is 32.7 Å². The van der Waals surface area contributed by atoms with Crippen LogP contribution in [0.15, 0.2) is 0 Å². The smallest absolute Gasteiger partial charge is 0.0900 e. The van der Waals surface area contributed by atoms with Crippen LogP contribution in [0, 0.1) is 12.3 Å². The van der Waals surface area contributed by atoms with Gasteiger partial charge in [0.15, 0.2) is 0 Å². The summed E-state index contributed by atoms with van der Waals surface area (Å²) < 4.78 is 5.65. The third-order valence-corrected chi connectivity index (χ3v) is 3.11. The molecule has 1 aliphatic heterocycles. The molecule has 17 heavy (non-hydrogen) atoms. The summed E-state index contributed by atoms with van der Waals surface area (Å²) in [5.74, 6) is 2.60. The normalized spacial score (nSPS) is 19.9. The molecule has 0 unspecified atom stereocenters. The van der Waals surface area contributed by atoms with Crippen LogP contribution in [0.1, 0.15) is 39.5 Å². The molecule has 98 valence electrons. The van der Waals surface area contributed by atoms with Gasteiger partial charge in [0.1, 0.15) is 0 Å². The summed E-state index contributed by atoms with van der Waals surface area (Å²) in [5, 5.41) is 9.91. The third kappa shape index (κ3) is 6.07. The van der Waals surface area contributed by atoms with Gasteiger partial charge in [-0.25, -0.2) is 0 Å². The highest BCUT2D eigenvalue weighted by atomic mass is 16.5. The number of ether oxygens (including phenoxy) is 1. The second-order valence-electron chi connectivity index (χ2n) is 5.47. The Morgan fingerprint density at radius 2 is 2.00 bits per heavy atom. The van der Waals surface area contributed by atoms with Gasteiger partial charge in [0.2, 0.25) is 0 Å². The zero-order valence-electron chi connectivity index (χ0n) is 11.1. The molecule has 3 nitrogen and oxygen atoms in total. The van der Waals surface area contributed by atoms with Crippen molar-refractivity contribution in [3.05, 3.63) is 0 Å². The average molecular weight is 239 g/mol. The molecule has 1 saturated heterocycles. The number of terminal acetylenes is 1. The van der Waals surface area contributed by atoms with Gasteiger partial charge in [0.25, 0.3) is 0 Å². The summed E-state index contributed by atoms with van der Waals surface area (Å²) in [4.78, 5) is 2.31. The standard InChI is InChI=1S/C14H25NO2/c1-4-8-14(2,3)17-12-13(16)11-15-9-6-5-7-10-15/h1,13,16H,5-12H2,2-3H3/t13-/m0/s1. The summed E-state index contributed by atoms with van der Waals surface area (Å²) in [6.07, 6.45) is 9.24. The van der Waals surface area contributed by atoms with E-state index in [9.17, 15) is 5.11 Å². The van der Waals surface area contributed by atoms with Crippen LogP contribution in [0.2, 0.25) is 0 Å². The van der Waals surface area contributed by atoms with E-state index in [1.165, 1.54) is 19.3 Å². The molecule has 3 heteroatoms. The van der Waals surface area contributed by atoms with E-state index in [1.54, 1.807) is 0 Å². The molecule has 1 atom stereocenters. The van der Waals surface area contributed by atoms with Gasteiger partial charge in [0, 0.05) is 13.0 Å². The molecule has 0 radical (unpaired) electrons. The van der Waals surface area contributed by atoms with Crippen LogP contribution in [0.3, 0.4) is 0 Å². The molecular formula is C14H25NO2. The van der Waals surface area contributed by atoms with E-state index in [0.29, 0.717) is 19.6 Å². The Kier molecular flexibility index (Phi) is 5.97. The lowest BCUT2D eigenvalue weighted by Gasteiger charge is -2.30. The van der Waals surface area contributed by atoms with E-state index >= 15 is 0 Å². The number of aliphatic hydroxyl groups excluding tert-OH is 1. The van der Waals surface area contributed by atoms with Crippen LogP contribution in [0.4, 0.5) is 0 Å². The first kappa shape index (κ1) is 14.5. The Morgan fingerprint density at radius 3 is 2.59 bits per heavy atom. The van der Waals surface area contributed by atoms with E-state index < -0.39 is 6.10 Å². The van der Waals surface area contributed by atoms with E-state index in [2.05, 4.69) is 10.8 Å². The maximum absolute atomic E-state index is 9.91. The van der Waals surface area contributed by atoms with Gasteiger partial charge in [0.05, 0.1) is 18.3 Å². The zero-order valence-corrected chi connectivity index (χ0v) is 11.1. The minimum atomic E-state index is -0.412. The molecule has 0 bridgehead atoms. The first-order valence-corrected chi connectivity index (χ1v) is 6.51. The Hall–Kier alpha value is -0.560. The predicted octanol–water partition coefficient (Wildman–Crippen LogP) is 1.65. The molecule has 1 heterocycles. The van der Waals surface area contributed by atoms with Crippen LogP contribution in [-0.2, 0) is 4.74 Å². The van der Waals surface area contributed by atoms with Gasteiger partial charge in [-0.1, -0.05) is 6.42 Å². The number of nitrogens with zero attached hydrogens (tertiary/aromatic N) is 1. The van der Waals surface area contributed by atoms with Crippen LogP contribution in [0.25, 0.3) is 0 Å². The lowest BCUT2D eigenvalue weighted by molar-refractivity contribution is -0.0638. The summed E-state index contributed by atoms with van der Waals surface area (Å²) in [5.41, 5.74) is -0.336. The fourth-order valence-corrected chi connectivity index (χ4v) is 2.11. The van der Waals surface area contributed by atoms with Crippen molar-refractivity contribution in [3.8, 4) is 12.3 Å². The Bertz CT molecular complexity index is 251. The predicted molar refractivity (Wildman–Crippen MR) is 69.8 cm³/mol. The first-order valence-electron chi connectivity index (χ1n) is 6.51. The van der Waals surface area contributed by atoms with E-state index in [0.717, 1.165) is 13.1 Å². The van der Waals surface area contributed by atoms with Crippen molar-refractivity contribution in [2.75, 3.05) is 26.2 Å². The van der Waals surface area contributed by atoms with Gasteiger partial charge >= 0.3 is 0 Å². The maximum atomic E-state index is 9.91. The molecule has 1 aliphatic rings. The number of rotatable bonds is 6. The molecule has 1 fully saturated rings. The number of β-amino-alcohol motifs (C(OH)–C–C–N with tert-alkyl or cyclic N) is 1. The summed E-state index contributed by atoms with van der Waals surface area (Å²) in [6.45, 7) is 7.20. The Labute approximate surface area is 105 Å². The fourth-order valence-electron chi connectivity index (χ4n) is 2.11. The molecule has 1 rings (SSSR count). The van der Waals surface area contributed by atoms with Gasteiger partial charge in [-0.3, -0.25) is 0 Å². The van der Waals surface area contributed by atoms with E-state index in [1.807, 2.05) is 13.8 Å². The van der Waals surface area contributed by atoms with Gasteiger partial charge < -0.3 is 14.7 Å². The van der Waals surface area contributed by atoms with Crippen LogP contribution >= 0.6 is 0 Å². The van der Waals surface area contributed by atoms with Crippen molar-refractivity contribution in [3.63, 3.8) is 0 Å². The van der Waals surface area contributed by atoms with Crippen molar-refractivity contribution in [2.45, 2.75) is 51.2 Å². The monoisotopic (exact) mass is 239 g/mol. The molecule has 0 aromatic rings. The number of aliphatic hydroxyl groups is 1. The van der Waals surface area contributed by atoms with Crippen molar-refractivity contribution >= 4 is 0 Å². The van der Waals surface area contributed by atoms with Gasteiger partial charge in [-0.15, -0.1) is 12.3 Å². The van der Waals surface area contributed by atoms with Crippen molar-refractivity contribution in [2.24, 2.45) is 0 Å². The molecule has 0 spiro atoms. The van der Waals surface area contributed by atoms with Crippen LogP contribution in [-0.4, -0.2) is 48.0 Å². The SMILES string of the molecule is C#CCC(C)(C)OC[C@@H](O)CN1CCCCC1. The molecule has 0 amide bonds. The summed E-state index contributed by atoms with van der Waals surface area (Å²) >= 11 is 0. The highest BCUT2D eigenvalue weighted by molar-refractivity contribution is 4.92. The molecular weight excluding hydrogens is 214 g/mol. The van der Waals surface area contributed by atoms with Crippen molar-refractivity contribution in [1.29, 1.82) is 0 Å². The molecule has 0 aliphatic carbocycles. The number of hydrogen-bond acceptors (Lipinski definition) is 3. The second kappa shape index (κ2) is 7.00. The Morgan fingerprint density at radius 1 is 1.35 bits per heavy atom. The molecule has 0 saturated carbocycles. The minimum Gasteiger partial charge on any atom is -0.389 e. The van der Waals surface area contributed by atoms with Crippen LogP contribution < -0.4 is 0 Å². The fraction of sp³-hybridized carbons (Fsp3) is 0.857. The number of hydrogen-bond donors (Lipinski definition) is 1. The van der Waals surface area contributed by atoms with Gasteiger partial charge in [-0.05, 0) is 39.8 Å². The highest BCUT2D eigenvalue weighted by Crippen LogP contribution is 2.14. The van der Waals surface area contributed by atoms with Gasteiger partial charge in [-0.2, -0.15) is 0 Å². The number of likely N-dealkylation sites (tertiary alicyclic amines) is 1. The van der Waals surface area contributed by atoms with Crippen molar-refractivity contribution < 1.29 is 9.84 Å². The van der Waals surface area contributed by atoms with Crippen LogP contribution in [0.5, 0.6) is 0 Å². The van der Waals surface area contributed by atoms with E-state index in [-0.39, 0.29) is 5.60 Å². The lowest BCUT2D eigenvalue weighted by Crippen LogP contribution is -2.39. The number of piperidine rings is 1. The highest BCUT2D eigenvalue weighted by Gasteiger charge is 2.20. The summed E-state index contributed by atoms with van der Waals surface area (Å²) in [6, 6.07) is 0. The van der Waals surface area contributed by atoms with Crippen molar-refractivity contribution in [1.82, 2.24) is 4.90 Å². The molecule has 1 N–H and O–H groups in total. The summed E-state index contributed by atoms with van der Waals surface area (Å²) in [7, 11) is 0. The molecule has 0 aromatic heterocycles. The Balaban J connectivity index is 2.20. The van der Waals surface area contributed by atoms with E-state index in [4.69, 9.17) is 11.2 Å². The first-order chi connectivity index (χ1) is 8.03. The third-order valence-electron chi connectivity index (χ3n) is 3.11. The largest absolute Gasteiger partial charge is 0.389 e. The molecule has 0 aromatic carbocycles. The lowest BCUT2D eigenvalue weighted by atomic mass is 10.1. The zero-order chi connectivity index (χ0) is 12.7. The maximum Gasteiger partial charge on any atom is 0.0900 e. The average Bonchev–Trinajstić information content (AvgIpc) is 2.28. The minimum absolute atomic E-state index is 0.336. The second-order valence-corrected chi connectivity index (χ2v) is 5.47.